The molecule has 1 N–H and O–H groups in total. The number of likely N-dealkylation sites (tertiary alicyclic amines) is 1. The summed E-state index contributed by atoms with van der Waals surface area (Å²) in [5.74, 6) is 0.644. The first kappa shape index (κ1) is 13.4. The van der Waals surface area contributed by atoms with E-state index in [1.165, 1.54) is 0 Å². The van der Waals surface area contributed by atoms with Crippen LogP contribution in [0.25, 0.3) is 0 Å². The van der Waals surface area contributed by atoms with E-state index < -0.39 is 5.60 Å². The van der Waals surface area contributed by atoms with Gasteiger partial charge in [0.15, 0.2) is 0 Å². The molecular formula is C14H19NO2S. The number of aliphatic hydroxyl groups is 1. The third-order valence-corrected chi connectivity index (χ3v) is 4.30. The van der Waals surface area contributed by atoms with Gasteiger partial charge in [-0.05, 0) is 31.9 Å². The summed E-state index contributed by atoms with van der Waals surface area (Å²) in [4.78, 5) is 15.0. The summed E-state index contributed by atoms with van der Waals surface area (Å²) in [5.41, 5.74) is -0.594. The van der Waals surface area contributed by atoms with Crippen molar-refractivity contribution in [1.29, 1.82) is 0 Å². The van der Waals surface area contributed by atoms with Crippen molar-refractivity contribution >= 4 is 17.7 Å². The van der Waals surface area contributed by atoms with E-state index in [0.29, 0.717) is 31.7 Å². The molecule has 98 valence electrons. The quantitative estimate of drug-likeness (QED) is 0.851. The average molecular weight is 265 g/mol. The number of hydrogen-bond donors (Lipinski definition) is 1. The molecule has 4 heteroatoms. The lowest BCUT2D eigenvalue weighted by molar-refractivity contribution is -0.132. The number of carbonyl (C=O) groups excluding carboxylic acids is 1. The molecule has 0 spiro atoms. The van der Waals surface area contributed by atoms with Gasteiger partial charge in [0.05, 0.1) is 11.4 Å². The Hall–Kier alpha value is -1.00. The van der Waals surface area contributed by atoms with Crippen molar-refractivity contribution in [2.75, 3.05) is 18.8 Å². The van der Waals surface area contributed by atoms with E-state index in [1.807, 2.05) is 42.2 Å². The van der Waals surface area contributed by atoms with E-state index in [2.05, 4.69) is 0 Å². The summed E-state index contributed by atoms with van der Waals surface area (Å²) in [7, 11) is 0. The second-order valence-electron chi connectivity index (χ2n) is 4.98. The Morgan fingerprint density at radius 1 is 1.33 bits per heavy atom. The lowest BCUT2D eigenvalue weighted by atomic mass is 9.94. The zero-order valence-electron chi connectivity index (χ0n) is 10.6. The molecular weight excluding hydrogens is 246 g/mol. The summed E-state index contributed by atoms with van der Waals surface area (Å²) in [6.45, 7) is 3.18. The second-order valence-corrected chi connectivity index (χ2v) is 6.03. The summed E-state index contributed by atoms with van der Waals surface area (Å²) in [5, 5.41) is 9.84. The zero-order chi connectivity index (χ0) is 13.0. The van der Waals surface area contributed by atoms with Gasteiger partial charge >= 0.3 is 0 Å². The molecule has 0 radical (unpaired) electrons. The Morgan fingerprint density at radius 3 is 2.56 bits per heavy atom. The molecule has 1 fully saturated rings. The zero-order valence-corrected chi connectivity index (χ0v) is 11.4. The molecule has 0 aliphatic carbocycles. The Labute approximate surface area is 112 Å². The molecule has 2 rings (SSSR count). The molecule has 3 nitrogen and oxygen atoms in total. The number of amides is 1. The number of benzene rings is 1. The molecule has 1 aromatic carbocycles. The smallest absolute Gasteiger partial charge is 0.232 e. The number of rotatable bonds is 3. The van der Waals surface area contributed by atoms with Gasteiger partial charge in [-0.2, -0.15) is 0 Å². The summed E-state index contributed by atoms with van der Waals surface area (Å²) in [6, 6.07) is 9.95. The van der Waals surface area contributed by atoms with E-state index in [-0.39, 0.29) is 5.91 Å². The maximum atomic E-state index is 12.0. The van der Waals surface area contributed by atoms with E-state index in [9.17, 15) is 9.90 Å². The van der Waals surface area contributed by atoms with Gasteiger partial charge in [0, 0.05) is 18.0 Å². The van der Waals surface area contributed by atoms with E-state index in [1.54, 1.807) is 11.8 Å². The van der Waals surface area contributed by atoms with Crippen molar-refractivity contribution in [2.45, 2.75) is 30.3 Å². The van der Waals surface area contributed by atoms with Crippen LogP contribution in [0.2, 0.25) is 0 Å². The van der Waals surface area contributed by atoms with Gasteiger partial charge in [0.2, 0.25) is 5.91 Å². The second kappa shape index (κ2) is 5.76. The van der Waals surface area contributed by atoms with Crippen LogP contribution in [0.5, 0.6) is 0 Å². The number of nitrogens with zero attached hydrogens (tertiary/aromatic N) is 1. The first-order valence-electron chi connectivity index (χ1n) is 6.25. The van der Waals surface area contributed by atoms with Gasteiger partial charge in [-0.15, -0.1) is 11.8 Å². The third-order valence-electron chi connectivity index (χ3n) is 3.30. The van der Waals surface area contributed by atoms with E-state index >= 15 is 0 Å². The van der Waals surface area contributed by atoms with Gasteiger partial charge in [0.25, 0.3) is 0 Å². The molecule has 0 saturated carbocycles. The molecule has 0 atom stereocenters. The SMILES string of the molecule is CC1(O)CCN(C(=O)CSc2ccccc2)CC1. The normalized spacial score (nSPS) is 18.7. The molecule has 1 aromatic rings. The van der Waals surface area contributed by atoms with Gasteiger partial charge in [-0.1, -0.05) is 18.2 Å². The van der Waals surface area contributed by atoms with Gasteiger partial charge < -0.3 is 10.0 Å². The minimum absolute atomic E-state index is 0.166. The lowest BCUT2D eigenvalue weighted by Crippen LogP contribution is -2.45. The fourth-order valence-electron chi connectivity index (χ4n) is 1.99. The number of carbonyl (C=O) groups is 1. The van der Waals surface area contributed by atoms with Gasteiger partial charge in [0.1, 0.15) is 0 Å². The summed E-state index contributed by atoms with van der Waals surface area (Å²) >= 11 is 1.57. The maximum absolute atomic E-state index is 12.0. The fourth-order valence-corrected chi connectivity index (χ4v) is 2.81. The highest BCUT2D eigenvalue weighted by Gasteiger charge is 2.29. The van der Waals surface area contributed by atoms with E-state index in [4.69, 9.17) is 0 Å². The Bertz CT molecular complexity index is 396. The van der Waals surface area contributed by atoms with Crippen LogP contribution in [-0.2, 0) is 4.79 Å². The molecule has 0 unspecified atom stereocenters. The van der Waals surface area contributed by atoms with Crippen LogP contribution in [-0.4, -0.2) is 40.4 Å². The topological polar surface area (TPSA) is 40.5 Å². The highest BCUT2D eigenvalue weighted by atomic mass is 32.2. The Kier molecular flexibility index (Phi) is 4.30. The van der Waals surface area contributed by atoms with Crippen LogP contribution in [0.4, 0.5) is 0 Å². The van der Waals surface area contributed by atoms with Crippen LogP contribution < -0.4 is 0 Å². The largest absolute Gasteiger partial charge is 0.390 e. The molecule has 0 bridgehead atoms. The Morgan fingerprint density at radius 2 is 1.94 bits per heavy atom. The fraction of sp³-hybridized carbons (Fsp3) is 0.500. The predicted octanol–water partition coefficient (Wildman–Crippen LogP) is 2.15. The molecule has 1 aliphatic rings. The Balaban J connectivity index is 1.79. The number of thioether (sulfide) groups is 1. The van der Waals surface area contributed by atoms with E-state index in [0.717, 1.165) is 4.90 Å². The van der Waals surface area contributed by atoms with Crippen LogP contribution >= 0.6 is 11.8 Å². The van der Waals surface area contributed by atoms with Crippen LogP contribution in [0.15, 0.2) is 35.2 Å². The molecule has 1 amide bonds. The maximum Gasteiger partial charge on any atom is 0.232 e. The van der Waals surface area contributed by atoms with Crippen LogP contribution in [0.1, 0.15) is 19.8 Å². The van der Waals surface area contributed by atoms with Crippen molar-refractivity contribution in [3.05, 3.63) is 30.3 Å². The molecule has 18 heavy (non-hydrogen) atoms. The first-order chi connectivity index (χ1) is 8.57. The van der Waals surface area contributed by atoms with Gasteiger partial charge in [-0.25, -0.2) is 0 Å². The van der Waals surface area contributed by atoms with Crippen LogP contribution in [0, 0.1) is 0 Å². The minimum Gasteiger partial charge on any atom is -0.390 e. The van der Waals surface area contributed by atoms with Crippen LogP contribution in [0.3, 0.4) is 0 Å². The van der Waals surface area contributed by atoms with Crippen molar-refractivity contribution in [3.63, 3.8) is 0 Å². The van der Waals surface area contributed by atoms with Gasteiger partial charge in [-0.3, -0.25) is 4.79 Å². The van der Waals surface area contributed by atoms with Crippen molar-refractivity contribution in [2.24, 2.45) is 0 Å². The molecule has 1 aliphatic heterocycles. The van der Waals surface area contributed by atoms with Crippen molar-refractivity contribution in [3.8, 4) is 0 Å². The monoisotopic (exact) mass is 265 g/mol. The summed E-state index contributed by atoms with van der Waals surface area (Å²) < 4.78 is 0. The molecule has 1 heterocycles. The average Bonchev–Trinajstić information content (AvgIpc) is 2.37. The highest BCUT2D eigenvalue weighted by Crippen LogP contribution is 2.23. The number of hydrogen-bond acceptors (Lipinski definition) is 3. The highest BCUT2D eigenvalue weighted by molar-refractivity contribution is 8.00. The number of piperidine rings is 1. The summed E-state index contributed by atoms with van der Waals surface area (Å²) in [6.07, 6.45) is 1.35. The standard InChI is InChI=1S/C14H19NO2S/c1-14(17)7-9-15(10-8-14)13(16)11-18-12-5-3-2-4-6-12/h2-6,17H,7-11H2,1H3. The molecule has 0 aromatic heterocycles. The lowest BCUT2D eigenvalue weighted by Gasteiger charge is -2.35. The third kappa shape index (κ3) is 3.75. The predicted molar refractivity (Wildman–Crippen MR) is 73.6 cm³/mol. The first-order valence-corrected chi connectivity index (χ1v) is 7.23. The molecule has 1 saturated heterocycles. The van der Waals surface area contributed by atoms with Crippen molar-refractivity contribution < 1.29 is 9.90 Å². The minimum atomic E-state index is -0.594. The van der Waals surface area contributed by atoms with Crippen molar-refractivity contribution in [1.82, 2.24) is 4.90 Å².